The highest BCUT2D eigenvalue weighted by Gasteiger charge is 2.32. The lowest BCUT2D eigenvalue weighted by Crippen LogP contribution is -2.38. The monoisotopic (exact) mass is 510 g/mol. The second kappa shape index (κ2) is 9.68. The van der Waals surface area contributed by atoms with Crippen molar-refractivity contribution in [1.82, 2.24) is 0 Å². The summed E-state index contributed by atoms with van der Waals surface area (Å²) in [5.41, 5.74) is 1.38. The van der Waals surface area contributed by atoms with Crippen molar-refractivity contribution in [2.45, 2.75) is 31.8 Å². The molecule has 0 bridgehead atoms. The molecule has 0 unspecified atom stereocenters. The van der Waals surface area contributed by atoms with Crippen LogP contribution in [0.15, 0.2) is 65.6 Å². The van der Waals surface area contributed by atoms with Gasteiger partial charge < -0.3 is 5.32 Å². The van der Waals surface area contributed by atoms with E-state index in [1.807, 2.05) is 13.8 Å². The van der Waals surface area contributed by atoms with Crippen molar-refractivity contribution in [3.8, 4) is 0 Å². The number of carbonyl (C=O) groups excluding carboxylic acids is 1. The number of alkyl halides is 3. The summed E-state index contributed by atoms with van der Waals surface area (Å²) < 4.78 is 67.1. The van der Waals surface area contributed by atoms with Gasteiger partial charge in [-0.2, -0.15) is 13.2 Å². The van der Waals surface area contributed by atoms with Gasteiger partial charge in [-0.05, 0) is 62.7 Å². The minimum atomic E-state index is -4.64. The van der Waals surface area contributed by atoms with Gasteiger partial charge in [0, 0.05) is 0 Å². The molecule has 10 heteroatoms. The summed E-state index contributed by atoms with van der Waals surface area (Å²) in [6.07, 6.45) is -4.64. The van der Waals surface area contributed by atoms with Crippen LogP contribution in [0.2, 0.25) is 5.02 Å². The van der Waals surface area contributed by atoms with E-state index in [0.29, 0.717) is 11.6 Å². The van der Waals surface area contributed by atoms with Crippen LogP contribution in [0.1, 0.15) is 22.3 Å². The second-order valence-corrected chi connectivity index (χ2v) is 10.1. The van der Waals surface area contributed by atoms with Crippen molar-refractivity contribution in [1.29, 1.82) is 0 Å². The maximum absolute atomic E-state index is 13.5. The molecule has 1 N–H and O–H groups in total. The zero-order valence-corrected chi connectivity index (χ0v) is 20.1. The summed E-state index contributed by atoms with van der Waals surface area (Å²) in [6.45, 7) is 4.69. The Morgan fingerprint density at radius 2 is 1.56 bits per heavy atom. The van der Waals surface area contributed by atoms with E-state index in [2.05, 4.69) is 5.32 Å². The SMILES string of the molecule is Cc1ccc(S(=O)(=O)N(CC(=O)Nc2cc(C(F)(F)F)ccc2Cl)c2ccc(C)cc2C)cc1. The molecule has 0 heterocycles. The number of halogens is 4. The van der Waals surface area contributed by atoms with Crippen LogP contribution in [0.3, 0.4) is 0 Å². The summed E-state index contributed by atoms with van der Waals surface area (Å²) in [4.78, 5) is 12.8. The van der Waals surface area contributed by atoms with Gasteiger partial charge in [0.25, 0.3) is 10.0 Å². The molecule has 34 heavy (non-hydrogen) atoms. The van der Waals surface area contributed by atoms with E-state index in [9.17, 15) is 26.4 Å². The highest BCUT2D eigenvalue weighted by Crippen LogP contribution is 2.34. The Morgan fingerprint density at radius 3 is 2.15 bits per heavy atom. The topological polar surface area (TPSA) is 66.5 Å². The van der Waals surface area contributed by atoms with E-state index in [0.717, 1.165) is 27.6 Å². The number of nitrogens with one attached hydrogen (secondary N) is 1. The van der Waals surface area contributed by atoms with Crippen LogP contribution in [0.25, 0.3) is 0 Å². The number of hydrogen-bond acceptors (Lipinski definition) is 3. The number of anilines is 2. The lowest BCUT2D eigenvalue weighted by Gasteiger charge is -2.26. The van der Waals surface area contributed by atoms with Crippen LogP contribution < -0.4 is 9.62 Å². The molecule has 0 saturated heterocycles. The predicted octanol–water partition coefficient (Wildman–Crippen LogP) is 6.12. The highest BCUT2D eigenvalue weighted by molar-refractivity contribution is 7.92. The molecule has 0 aromatic heterocycles. The van der Waals surface area contributed by atoms with Crippen molar-refractivity contribution < 1.29 is 26.4 Å². The van der Waals surface area contributed by atoms with Crippen molar-refractivity contribution in [3.05, 3.63) is 87.9 Å². The second-order valence-electron chi connectivity index (χ2n) is 7.86. The van der Waals surface area contributed by atoms with Gasteiger partial charge in [0.1, 0.15) is 6.54 Å². The summed E-state index contributed by atoms with van der Waals surface area (Å²) >= 11 is 5.97. The van der Waals surface area contributed by atoms with Gasteiger partial charge in [-0.3, -0.25) is 9.10 Å². The number of hydrogen-bond donors (Lipinski definition) is 1. The standard InChI is InChI=1S/C24H22ClF3N2O3S/c1-15-4-8-19(9-5-15)34(32,33)30(22-11-6-16(2)12-17(22)3)14-23(31)29-21-13-18(24(26,27)28)7-10-20(21)25/h4-13H,14H2,1-3H3,(H,29,31). The van der Waals surface area contributed by atoms with Crippen LogP contribution in [0.4, 0.5) is 24.5 Å². The van der Waals surface area contributed by atoms with E-state index >= 15 is 0 Å². The Balaban J connectivity index is 2.00. The molecule has 0 saturated carbocycles. The fourth-order valence-electron chi connectivity index (χ4n) is 3.34. The number of sulfonamides is 1. The van der Waals surface area contributed by atoms with Crippen LogP contribution in [0.5, 0.6) is 0 Å². The number of benzene rings is 3. The van der Waals surface area contributed by atoms with Gasteiger partial charge in [0.05, 0.1) is 26.9 Å². The molecule has 3 aromatic rings. The minimum absolute atomic E-state index is 0.0250. The van der Waals surface area contributed by atoms with E-state index < -0.39 is 34.2 Å². The lowest BCUT2D eigenvalue weighted by atomic mass is 10.1. The molecule has 3 aromatic carbocycles. The fourth-order valence-corrected chi connectivity index (χ4v) is 4.99. The third-order valence-corrected chi connectivity index (χ3v) is 7.19. The Kier molecular flexibility index (Phi) is 7.28. The number of aryl methyl sites for hydroxylation is 3. The molecule has 0 radical (unpaired) electrons. The average Bonchev–Trinajstić information content (AvgIpc) is 2.73. The Hall–Kier alpha value is -3.04. The van der Waals surface area contributed by atoms with E-state index in [4.69, 9.17) is 11.6 Å². The third-order valence-electron chi connectivity index (χ3n) is 5.08. The molecule has 0 aliphatic heterocycles. The minimum Gasteiger partial charge on any atom is -0.323 e. The Labute approximate surface area is 201 Å². The van der Waals surface area contributed by atoms with Gasteiger partial charge >= 0.3 is 6.18 Å². The van der Waals surface area contributed by atoms with Gasteiger partial charge in [0.2, 0.25) is 5.91 Å². The van der Waals surface area contributed by atoms with E-state index in [1.165, 1.54) is 12.1 Å². The molecule has 0 fully saturated rings. The lowest BCUT2D eigenvalue weighted by molar-refractivity contribution is -0.137. The molecule has 0 atom stereocenters. The molecule has 1 amide bonds. The summed E-state index contributed by atoms with van der Waals surface area (Å²) in [7, 11) is -4.18. The quantitative estimate of drug-likeness (QED) is 0.434. The van der Waals surface area contributed by atoms with Crippen LogP contribution >= 0.6 is 11.6 Å². The maximum Gasteiger partial charge on any atom is 0.416 e. The summed E-state index contributed by atoms with van der Waals surface area (Å²) in [5, 5.41) is 2.20. The zero-order valence-electron chi connectivity index (χ0n) is 18.6. The van der Waals surface area contributed by atoms with Crippen molar-refractivity contribution in [3.63, 3.8) is 0 Å². The first-order chi connectivity index (χ1) is 15.8. The molecule has 5 nitrogen and oxygen atoms in total. The first kappa shape index (κ1) is 25.6. The maximum atomic E-state index is 13.5. The van der Waals surface area contributed by atoms with Crippen molar-refractivity contribution >= 4 is 38.9 Å². The largest absolute Gasteiger partial charge is 0.416 e. The van der Waals surface area contributed by atoms with Crippen molar-refractivity contribution in [2.75, 3.05) is 16.2 Å². The number of carbonyl (C=O) groups is 1. The van der Waals surface area contributed by atoms with E-state index in [1.54, 1.807) is 37.3 Å². The smallest absolute Gasteiger partial charge is 0.323 e. The fraction of sp³-hybridized carbons (Fsp3) is 0.208. The molecule has 0 aliphatic rings. The molecular formula is C24H22ClF3N2O3S. The number of nitrogens with zero attached hydrogens (tertiary/aromatic N) is 1. The average molecular weight is 511 g/mol. The molecule has 3 rings (SSSR count). The van der Waals surface area contributed by atoms with Crippen LogP contribution in [-0.4, -0.2) is 20.9 Å². The summed E-state index contributed by atoms with van der Waals surface area (Å²) in [6, 6.07) is 13.7. The highest BCUT2D eigenvalue weighted by atomic mass is 35.5. The molecule has 180 valence electrons. The third kappa shape index (κ3) is 5.71. The van der Waals surface area contributed by atoms with Crippen LogP contribution in [0, 0.1) is 20.8 Å². The first-order valence-electron chi connectivity index (χ1n) is 10.1. The zero-order chi connectivity index (χ0) is 25.3. The molecule has 0 aliphatic carbocycles. The summed E-state index contributed by atoms with van der Waals surface area (Å²) in [5.74, 6) is -0.850. The van der Waals surface area contributed by atoms with Gasteiger partial charge in [-0.15, -0.1) is 0 Å². The Morgan fingerprint density at radius 1 is 0.941 bits per heavy atom. The number of amides is 1. The molecule has 0 spiro atoms. The predicted molar refractivity (Wildman–Crippen MR) is 127 cm³/mol. The normalized spacial score (nSPS) is 11.9. The first-order valence-corrected chi connectivity index (χ1v) is 11.9. The van der Waals surface area contributed by atoms with Crippen molar-refractivity contribution in [2.24, 2.45) is 0 Å². The molecular weight excluding hydrogens is 489 g/mol. The Bertz CT molecular complexity index is 1320. The van der Waals surface area contributed by atoms with Gasteiger partial charge in [0.15, 0.2) is 0 Å². The van der Waals surface area contributed by atoms with E-state index in [-0.39, 0.29) is 21.3 Å². The van der Waals surface area contributed by atoms with Gasteiger partial charge in [-0.25, -0.2) is 8.42 Å². The van der Waals surface area contributed by atoms with Gasteiger partial charge in [-0.1, -0.05) is 47.0 Å². The number of rotatable bonds is 6. The van der Waals surface area contributed by atoms with Crippen LogP contribution in [-0.2, 0) is 21.0 Å².